The van der Waals surface area contributed by atoms with E-state index in [4.69, 9.17) is 14.2 Å². The highest BCUT2D eigenvalue weighted by Gasteiger charge is 2.50. The third-order valence-corrected chi connectivity index (χ3v) is 3.57. The van der Waals surface area contributed by atoms with Crippen LogP contribution in [0.2, 0.25) is 0 Å². The van der Waals surface area contributed by atoms with Crippen LogP contribution in [0.1, 0.15) is 24.2 Å². The van der Waals surface area contributed by atoms with E-state index in [1.807, 2.05) is 6.07 Å². The Kier molecular flexibility index (Phi) is 3.57. The zero-order chi connectivity index (χ0) is 15.0. The van der Waals surface area contributed by atoms with Crippen LogP contribution in [0.3, 0.4) is 0 Å². The van der Waals surface area contributed by atoms with Crippen molar-refractivity contribution < 1.29 is 24.1 Å². The molecule has 0 spiro atoms. The molecule has 112 valence electrons. The second kappa shape index (κ2) is 5.26. The largest absolute Gasteiger partial charge is 0.452 e. The van der Waals surface area contributed by atoms with Gasteiger partial charge in [-0.15, -0.1) is 0 Å². The van der Waals surface area contributed by atoms with Crippen molar-refractivity contribution in [3.05, 3.63) is 48.0 Å². The van der Waals surface area contributed by atoms with Crippen molar-refractivity contribution in [1.82, 2.24) is 0 Å². The van der Waals surface area contributed by atoms with Gasteiger partial charge in [0.1, 0.15) is 24.4 Å². The molecule has 0 unspecified atom stereocenters. The fourth-order valence-corrected chi connectivity index (χ4v) is 2.65. The number of fused-ring (bicyclic) bond motifs is 1. The first-order valence-corrected chi connectivity index (χ1v) is 6.94. The molecule has 2 aliphatic rings. The first-order valence-electron chi connectivity index (χ1n) is 6.94. The van der Waals surface area contributed by atoms with Gasteiger partial charge < -0.3 is 19.3 Å². The number of esters is 1. The van der Waals surface area contributed by atoms with Crippen LogP contribution < -0.4 is 0 Å². The van der Waals surface area contributed by atoms with Gasteiger partial charge in [0, 0.05) is 0 Å². The molecule has 0 radical (unpaired) electrons. The summed E-state index contributed by atoms with van der Waals surface area (Å²) in [5.74, 6) is -1.23. The van der Waals surface area contributed by atoms with E-state index in [0.29, 0.717) is 5.56 Å². The van der Waals surface area contributed by atoms with Crippen molar-refractivity contribution in [3.63, 3.8) is 0 Å². The van der Waals surface area contributed by atoms with Crippen molar-refractivity contribution in [2.24, 2.45) is 0 Å². The average Bonchev–Trinajstić information content (AvgIpc) is 2.79. The van der Waals surface area contributed by atoms with Crippen LogP contribution >= 0.6 is 0 Å². The molecule has 21 heavy (non-hydrogen) atoms. The Morgan fingerprint density at radius 1 is 1.14 bits per heavy atom. The van der Waals surface area contributed by atoms with E-state index >= 15 is 0 Å². The lowest BCUT2D eigenvalue weighted by Gasteiger charge is -2.29. The highest BCUT2D eigenvalue weighted by molar-refractivity contribution is 5.89. The molecule has 1 heterocycles. The minimum absolute atomic E-state index is 0.423. The Balaban J connectivity index is 1.76. The smallest absolute Gasteiger partial charge is 0.338 e. The quantitative estimate of drug-likeness (QED) is 0.663. The third-order valence-electron chi connectivity index (χ3n) is 3.57. The van der Waals surface area contributed by atoms with Gasteiger partial charge in [-0.25, -0.2) is 4.79 Å². The second-order valence-corrected chi connectivity index (χ2v) is 5.68. The molecule has 0 amide bonds. The standard InChI is InChI=1S/C16H18O5/c1-16(2)20-13-11(17)8-9-12(14(13)21-16)19-15(18)10-6-4-3-5-7-10/h3-9,11-14,17H,1-2H3/t11-,12-,13-,14+/m0/s1. The van der Waals surface area contributed by atoms with E-state index in [0.717, 1.165) is 0 Å². The van der Waals surface area contributed by atoms with Crippen LogP contribution in [0, 0.1) is 0 Å². The highest BCUT2D eigenvalue weighted by atomic mass is 16.8. The SMILES string of the molecule is CC1(C)O[C@@H]2[C@H](O1)[C@@H](OC(=O)c1ccccc1)C=C[C@@H]2O. The maximum absolute atomic E-state index is 12.1. The summed E-state index contributed by atoms with van der Waals surface area (Å²) in [5.41, 5.74) is 0.478. The molecule has 5 heteroatoms. The van der Waals surface area contributed by atoms with Crippen molar-refractivity contribution in [2.75, 3.05) is 0 Å². The first-order chi connectivity index (χ1) is 9.96. The summed E-state index contributed by atoms with van der Waals surface area (Å²) in [7, 11) is 0. The zero-order valence-corrected chi connectivity index (χ0v) is 11.9. The Morgan fingerprint density at radius 3 is 2.52 bits per heavy atom. The molecular formula is C16H18O5. The maximum Gasteiger partial charge on any atom is 0.338 e. The van der Waals surface area contributed by atoms with Crippen LogP contribution in [0.15, 0.2) is 42.5 Å². The van der Waals surface area contributed by atoms with Gasteiger partial charge in [-0.2, -0.15) is 0 Å². The Hall–Kier alpha value is -1.69. The lowest BCUT2D eigenvalue weighted by atomic mass is 9.96. The van der Waals surface area contributed by atoms with Gasteiger partial charge in [0.05, 0.1) is 5.56 Å². The number of aliphatic hydroxyl groups is 1. The third kappa shape index (κ3) is 2.85. The summed E-state index contributed by atoms with van der Waals surface area (Å²) < 4.78 is 16.9. The number of hydrogen-bond donors (Lipinski definition) is 1. The highest BCUT2D eigenvalue weighted by Crippen LogP contribution is 2.35. The number of aliphatic hydroxyl groups excluding tert-OH is 1. The Morgan fingerprint density at radius 2 is 1.81 bits per heavy atom. The summed E-state index contributed by atoms with van der Waals surface area (Å²) in [6.45, 7) is 3.54. The first kappa shape index (κ1) is 14.3. The number of carbonyl (C=O) groups excluding carboxylic acids is 1. The van der Waals surface area contributed by atoms with Gasteiger partial charge in [-0.3, -0.25) is 0 Å². The van der Waals surface area contributed by atoms with Crippen molar-refractivity contribution in [2.45, 2.75) is 44.1 Å². The summed E-state index contributed by atoms with van der Waals surface area (Å²) in [5, 5.41) is 9.95. The molecule has 1 N–H and O–H groups in total. The van der Waals surface area contributed by atoms with Gasteiger partial charge in [-0.1, -0.05) is 24.3 Å². The minimum Gasteiger partial charge on any atom is -0.452 e. The van der Waals surface area contributed by atoms with Crippen LogP contribution in [-0.4, -0.2) is 41.3 Å². The van der Waals surface area contributed by atoms with E-state index in [2.05, 4.69) is 0 Å². The molecule has 1 aliphatic carbocycles. The number of hydrogen-bond acceptors (Lipinski definition) is 5. The average molecular weight is 290 g/mol. The monoisotopic (exact) mass is 290 g/mol. The molecule has 4 atom stereocenters. The van der Waals surface area contributed by atoms with E-state index in [1.54, 1.807) is 50.3 Å². The van der Waals surface area contributed by atoms with Crippen LogP contribution in [0.4, 0.5) is 0 Å². The molecule has 1 fully saturated rings. The van der Waals surface area contributed by atoms with Gasteiger partial charge in [-0.05, 0) is 32.1 Å². The number of carbonyl (C=O) groups is 1. The maximum atomic E-state index is 12.1. The van der Waals surface area contributed by atoms with Crippen molar-refractivity contribution in [1.29, 1.82) is 0 Å². The molecule has 1 aromatic rings. The normalized spacial score (nSPS) is 33.5. The molecule has 5 nitrogen and oxygen atoms in total. The van der Waals surface area contributed by atoms with Crippen molar-refractivity contribution in [3.8, 4) is 0 Å². The number of ether oxygens (including phenoxy) is 3. The number of rotatable bonds is 2. The van der Waals surface area contributed by atoms with E-state index in [-0.39, 0.29) is 0 Å². The molecule has 1 saturated heterocycles. The molecule has 1 aromatic carbocycles. The summed E-state index contributed by atoms with van der Waals surface area (Å²) in [6.07, 6.45) is 0.856. The molecule has 3 rings (SSSR count). The fraction of sp³-hybridized carbons (Fsp3) is 0.438. The minimum atomic E-state index is -0.806. The summed E-state index contributed by atoms with van der Waals surface area (Å²) in [6, 6.07) is 8.77. The summed E-state index contributed by atoms with van der Waals surface area (Å²) in [4.78, 5) is 12.1. The Bertz CT molecular complexity index is 551. The molecule has 0 saturated carbocycles. The van der Waals surface area contributed by atoms with Gasteiger partial charge in [0.2, 0.25) is 0 Å². The molecular weight excluding hydrogens is 272 g/mol. The predicted octanol–water partition coefficient (Wildman–Crippen LogP) is 1.66. The predicted molar refractivity (Wildman–Crippen MR) is 74.6 cm³/mol. The Labute approximate surface area is 123 Å². The van der Waals surface area contributed by atoms with Crippen molar-refractivity contribution >= 4 is 5.97 Å². The van der Waals surface area contributed by atoms with Crippen LogP contribution in [0.5, 0.6) is 0 Å². The summed E-state index contributed by atoms with van der Waals surface area (Å²) >= 11 is 0. The zero-order valence-electron chi connectivity index (χ0n) is 11.9. The second-order valence-electron chi connectivity index (χ2n) is 5.68. The van der Waals surface area contributed by atoms with Crippen LogP contribution in [-0.2, 0) is 14.2 Å². The lowest BCUT2D eigenvalue weighted by Crippen LogP contribution is -2.46. The van der Waals surface area contributed by atoms with Crippen LogP contribution in [0.25, 0.3) is 0 Å². The fourth-order valence-electron chi connectivity index (χ4n) is 2.65. The van der Waals surface area contributed by atoms with Gasteiger partial charge >= 0.3 is 5.97 Å². The van der Waals surface area contributed by atoms with E-state index in [1.165, 1.54) is 0 Å². The molecule has 0 bridgehead atoms. The van der Waals surface area contributed by atoms with E-state index < -0.39 is 36.2 Å². The molecule has 1 aliphatic heterocycles. The van der Waals surface area contributed by atoms with Gasteiger partial charge in [0.25, 0.3) is 0 Å². The number of benzene rings is 1. The molecule has 0 aromatic heterocycles. The van der Waals surface area contributed by atoms with E-state index in [9.17, 15) is 9.90 Å². The topological polar surface area (TPSA) is 65.0 Å². The lowest BCUT2D eigenvalue weighted by molar-refractivity contribution is -0.156. The van der Waals surface area contributed by atoms with Gasteiger partial charge in [0.15, 0.2) is 5.79 Å².